The van der Waals surface area contributed by atoms with Gasteiger partial charge in [0.05, 0.1) is 56.0 Å². The van der Waals surface area contributed by atoms with Crippen LogP contribution in [0.25, 0.3) is 10.9 Å². The molecule has 0 radical (unpaired) electrons. The standard InChI is InChI=1S/C40H53N3O10S/c1-50-34-20-31-30-17-25(34)11-8-6-10-16-52-37(45)18-26-12-7-4-3-5-9-13-27-22-40(27,39(47)42-54(48,49)29-14-15-29)23-33(44)32-19-28(24-43(32)38(26)46)53-35(30)21-36(41-31)51-2/h17,20-21,26-29,32H,3-16,18-19,22-24H2,1-2H3,(H,42,47)/t26-,27+,28-,32+,40-/m1/s1. The van der Waals surface area contributed by atoms with Crippen molar-refractivity contribution in [1.82, 2.24) is 14.6 Å². The van der Waals surface area contributed by atoms with Crippen molar-refractivity contribution in [3.8, 4) is 17.4 Å². The molecule has 1 aromatic carbocycles. The molecule has 0 spiro atoms. The first-order valence-corrected chi connectivity index (χ1v) is 21.3. The van der Waals surface area contributed by atoms with Crippen LogP contribution >= 0.6 is 0 Å². The number of rotatable bonds is 5. The minimum Gasteiger partial charge on any atom is -0.496 e. The molecule has 2 saturated carbocycles. The van der Waals surface area contributed by atoms with Crippen LogP contribution in [0.1, 0.15) is 108 Å². The summed E-state index contributed by atoms with van der Waals surface area (Å²) in [5.74, 6) is -0.935. The number of esters is 1. The second-order valence-electron chi connectivity index (χ2n) is 16.0. The van der Waals surface area contributed by atoms with Crippen LogP contribution in [0, 0.1) is 17.3 Å². The summed E-state index contributed by atoms with van der Waals surface area (Å²) in [4.78, 5) is 62.4. The summed E-state index contributed by atoms with van der Waals surface area (Å²) in [5, 5.41) is 0.172. The SMILES string of the molecule is COc1cc2c3cc(c(OC)cc3n1)CCCCCOC(=O)C[C@H]1CCCCCCC[C@H]3C[C@@]3(C(=O)NS(=O)(=O)C3CC3)CC(=O)[C@@H]3C[C@H](CN3C1=O)O2. The fraction of sp³-hybridized carbons (Fsp3) is 0.675. The van der Waals surface area contributed by atoms with E-state index in [0.29, 0.717) is 55.0 Å². The lowest BCUT2D eigenvalue weighted by molar-refractivity contribution is -0.150. The van der Waals surface area contributed by atoms with Gasteiger partial charge < -0.3 is 23.8 Å². The Bertz CT molecular complexity index is 1880. The number of hydrogen-bond donors (Lipinski definition) is 1. The third kappa shape index (κ3) is 8.33. The van der Waals surface area contributed by atoms with Crippen molar-refractivity contribution in [3.05, 3.63) is 23.8 Å². The minimum absolute atomic E-state index is 0.0842. The Morgan fingerprint density at radius 3 is 2.46 bits per heavy atom. The van der Waals surface area contributed by atoms with Gasteiger partial charge in [-0.2, -0.15) is 0 Å². The van der Waals surface area contributed by atoms with Crippen LogP contribution in [0.3, 0.4) is 0 Å². The smallest absolute Gasteiger partial charge is 0.306 e. The molecule has 4 fully saturated rings. The number of aryl methyl sites for hydroxylation is 1. The number of nitrogens with one attached hydrogen (secondary N) is 1. The van der Waals surface area contributed by atoms with Gasteiger partial charge in [-0.25, -0.2) is 13.4 Å². The molecule has 54 heavy (non-hydrogen) atoms. The van der Waals surface area contributed by atoms with E-state index in [2.05, 4.69) is 9.71 Å². The first-order valence-electron chi connectivity index (χ1n) is 19.8. The van der Waals surface area contributed by atoms with Crippen LogP contribution in [0.2, 0.25) is 0 Å². The number of Topliss-reactive ketones (excluding diaryl/α,β-unsaturated/α-hetero) is 1. The second-order valence-corrected chi connectivity index (χ2v) is 17.9. The molecule has 4 heterocycles. The maximum Gasteiger partial charge on any atom is 0.306 e. The molecule has 7 rings (SSSR count). The summed E-state index contributed by atoms with van der Waals surface area (Å²) in [5.41, 5.74) is 0.436. The summed E-state index contributed by atoms with van der Waals surface area (Å²) in [7, 11) is -0.679. The van der Waals surface area contributed by atoms with Gasteiger partial charge in [0.1, 0.15) is 17.6 Å². The molecule has 5 bridgehead atoms. The summed E-state index contributed by atoms with van der Waals surface area (Å²) >= 11 is 0. The van der Waals surface area contributed by atoms with Crippen molar-refractivity contribution in [1.29, 1.82) is 0 Å². The van der Waals surface area contributed by atoms with E-state index in [1.54, 1.807) is 18.1 Å². The zero-order chi connectivity index (χ0) is 38.0. The predicted octanol–water partition coefficient (Wildman–Crippen LogP) is 5.19. The van der Waals surface area contributed by atoms with Gasteiger partial charge in [-0.3, -0.25) is 23.9 Å². The lowest BCUT2D eigenvalue weighted by Crippen LogP contribution is -2.46. The fourth-order valence-corrected chi connectivity index (χ4v) is 10.2. The Balaban J connectivity index is 1.24. The van der Waals surface area contributed by atoms with Gasteiger partial charge in [0.15, 0.2) is 5.78 Å². The second kappa shape index (κ2) is 16.0. The molecule has 0 unspecified atom stereocenters. The number of methoxy groups -OCH3 is 2. The molecule has 2 aromatic rings. The highest BCUT2D eigenvalue weighted by Crippen LogP contribution is 2.59. The molecule has 14 heteroatoms. The van der Waals surface area contributed by atoms with Crippen molar-refractivity contribution < 1.29 is 46.5 Å². The monoisotopic (exact) mass is 767 g/mol. The number of benzene rings is 1. The van der Waals surface area contributed by atoms with E-state index in [0.717, 1.165) is 68.7 Å². The third-order valence-electron chi connectivity index (χ3n) is 12.2. The zero-order valence-electron chi connectivity index (χ0n) is 31.4. The number of aromatic nitrogens is 1. The number of nitrogens with zero attached hydrogens (tertiary/aromatic N) is 2. The van der Waals surface area contributed by atoms with Crippen LogP contribution in [0.5, 0.6) is 17.4 Å². The number of cyclic esters (lactones) is 1. The third-order valence-corrected chi connectivity index (χ3v) is 14.0. The van der Waals surface area contributed by atoms with Gasteiger partial charge in [0, 0.05) is 36.3 Å². The van der Waals surface area contributed by atoms with Crippen molar-refractivity contribution in [2.24, 2.45) is 17.3 Å². The highest BCUT2D eigenvalue weighted by molar-refractivity contribution is 7.90. The molecule has 13 nitrogen and oxygen atoms in total. The van der Waals surface area contributed by atoms with Gasteiger partial charge in [-0.15, -0.1) is 0 Å². The highest BCUT2D eigenvalue weighted by Gasteiger charge is 2.62. The van der Waals surface area contributed by atoms with E-state index in [1.165, 1.54) is 7.11 Å². The number of hydrogen-bond acceptors (Lipinski definition) is 11. The van der Waals surface area contributed by atoms with Crippen molar-refractivity contribution in [2.75, 3.05) is 27.4 Å². The Morgan fingerprint density at radius 1 is 0.944 bits per heavy atom. The molecule has 3 aliphatic heterocycles. The maximum atomic E-state index is 14.6. The van der Waals surface area contributed by atoms with Crippen molar-refractivity contribution in [3.63, 3.8) is 0 Å². The number of pyridine rings is 1. The lowest BCUT2D eigenvalue weighted by Gasteiger charge is -2.29. The van der Waals surface area contributed by atoms with Gasteiger partial charge in [0.25, 0.3) is 0 Å². The van der Waals surface area contributed by atoms with E-state index in [4.69, 9.17) is 18.9 Å². The highest BCUT2D eigenvalue weighted by atomic mass is 32.2. The maximum absolute atomic E-state index is 14.6. The summed E-state index contributed by atoms with van der Waals surface area (Å²) in [6.07, 6.45) is 9.39. The molecule has 2 saturated heterocycles. The molecule has 2 aliphatic carbocycles. The average Bonchev–Trinajstić information content (AvgIpc) is 4.08. The zero-order valence-corrected chi connectivity index (χ0v) is 32.3. The summed E-state index contributed by atoms with van der Waals surface area (Å²) in [6, 6.07) is 4.65. The van der Waals surface area contributed by atoms with Gasteiger partial charge in [0.2, 0.25) is 27.7 Å². The largest absolute Gasteiger partial charge is 0.496 e. The number of ether oxygens (including phenoxy) is 4. The fourth-order valence-electron chi connectivity index (χ4n) is 8.80. The first kappa shape index (κ1) is 38.3. The van der Waals surface area contributed by atoms with E-state index >= 15 is 0 Å². The van der Waals surface area contributed by atoms with Gasteiger partial charge in [-0.05, 0) is 75.3 Å². The number of carbonyl (C=O) groups excluding carboxylic acids is 4. The van der Waals surface area contributed by atoms with Crippen LogP contribution in [-0.4, -0.2) is 86.6 Å². The number of carbonyl (C=O) groups is 4. The molecule has 2 amide bonds. The predicted molar refractivity (Wildman–Crippen MR) is 199 cm³/mol. The normalized spacial score (nSPS) is 28.9. The minimum atomic E-state index is -3.82. The van der Waals surface area contributed by atoms with Crippen molar-refractivity contribution >= 4 is 44.5 Å². The molecule has 5 aliphatic rings. The summed E-state index contributed by atoms with van der Waals surface area (Å²) in [6.45, 7) is 0.347. The van der Waals surface area contributed by atoms with Gasteiger partial charge >= 0.3 is 5.97 Å². The van der Waals surface area contributed by atoms with Crippen molar-refractivity contribution in [2.45, 2.75) is 127 Å². The van der Waals surface area contributed by atoms with Crippen LogP contribution < -0.4 is 18.9 Å². The quantitative estimate of drug-likeness (QED) is 0.398. The lowest BCUT2D eigenvalue weighted by atomic mass is 9.90. The van der Waals surface area contributed by atoms with Gasteiger partial charge in [-0.1, -0.05) is 32.1 Å². The Kier molecular flexibility index (Phi) is 11.4. The molecule has 5 atom stereocenters. The van der Waals surface area contributed by atoms with E-state index in [-0.39, 0.29) is 50.0 Å². The molecular formula is C40H53N3O10S. The Hall–Kier alpha value is -3.94. The Morgan fingerprint density at radius 2 is 1.70 bits per heavy atom. The average molecular weight is 768 g/mol. The van der Waals surface area contributed by atoms with E-state index in [1.807, 2.05) is 12.1 Å². The molecule has 1 aromatic heterocycles. The van der Waals surface area contributed by atoms with Crippen LogP contribution in [-0.2, 0) is 40.4 Å². The number of amides is 2. The number of ketones is 1. The Labute approximate surface area is 317 Å². The number of sulfonamides is 1. The van der Waals surface area contributed by atoms with Crippen LogP contribution in [0.4, 0.5) is 0 Å². The first-order chi connectivity index (χ1) is 26.0. The van der Waals surface area contributed by atoms with Crippen LogP contribution in [0.15, 0.2) is 18.2 Å². The summed E-state index contributed by atoms with van der Waals surface area (Å²) < 4.78 is 51.7. The number of fused-ring (bicyclic) bond motifs is 4. The van der Waals surface area contributed by atoms with E-state index < -0.39 is 50.6 Å². The van der Waals surface area contributed by atoms with E-state index in [9.17, 15) is 27.6 Å². The molecular weight excluding hydrogens is 715 g/mol. The molecule has 1 N–H and O–H groups in total. The molecule has 294 valence electrons. The topological polar surface area (TPSA) is 167 Å².